The number of alkyl halides is 3. The lowest BCUT2D eigenvalue weighted by Gasteiger charge is -2.23. The number of anilines is 3. The molecule has 12 nitrogen and oxygen atoms in total. The summed E-state index contributed by atoms with van der Waals surface area (Å²) < 4.78 is 38.5. The van der Waals surface area contributed by atoms with E-state index in [1.54, 1.807) is 13.8 Å². The van der Waals surface area contributed by atoms with Crippen LogP contribution in [-0.2, 0) is 6.18 Å². The quantitative estimate of drug-likeness (QED) is 0.178. The van der Waals surface area contributed by atoms with E-state index in [4.69, 9.17) is 0 Å². The molecule has 0 aliphatic carbocycles. The van der Waals surface area contributed by atoms with Crippen LogP contribution in [-0.4, -0.2) is 56.7 Å². The van der Waals surface area contributed by atoms with Crippen molar-refractivity contribution in [3.8, 4) is 0 Å². The molecule has 212 valence electrons. The van der Waals surface area contributed by atoms with Gasteiger partial charge in [-0.3, -0.25) is 20.2 Å². The highest BCUT2D eigenvalue weighted by Crippen LogP contribution is 2.43. The smallest absolute Gasteiger partial charge is 0.360 e. The summed E-state index contributed by atoms with van der Waals surface area (Å²) in [7, 11) is 0. The molecule has 0 fully saturated rings. The Labute approximate surface area is 223 Å². The number of halogens is 3. The van der Waals surface area contributed by atoms with Crippen molar-refractivity contribution in [3.63, 3.8) is 0 Å². The normalized spacial score (nSPS) is 11.0. The molecule has 0 amide bonds. The van der Waals surface area contributed by atoms with Crippen molar-refractivity contribution in [2.75, 3.05) is 41.4 Å². The van der Waals surface area contributed by atoms with Crippen molar-refractivity contribution in [2.24, 2.45) is 0 Å². The zero-order valence-corrected chi connectivity index (χ0v) is 22.9. The standard InChI is InChI=1S/C13H16F3N3O4.C9H17N5S/c1-3-5-17(6-4-2)12-10(18(20)21)7-9(13(14,15)16)8-11(12)19(22)23;1-5-10-7-12-8(11-6(2)3)14-9(13-7)15-4/h7-8H,3-6H2,1-2H3;6H,5H2,1-4H3,(H2,10,11,12,13,14). The van der Waals surface area contributed by atoms with E-state index in [-0.39, 0.29) is 18.8 Å². The van der Waals surface area contributed by atoms with Gasteiger partial charge in [-0.2, -0.15) is 28.1 Å². The molecule has 38 heavy (non-hydrogen) atoms. The molecular formula is C22H33F3N8O4S. The molecule has 2 aromatic rings. The second-order valence-electron chi connectivity index (χ2n) is 8.16. The summed E-state index contributed by atoms with van der Waals surface area (Å²) in [6.07, 6.45) is -1.89. The average molecular weight is 563 g/mol. The van der Waals surface area contributed by atoms with Gasteiger partial charge in [-0.15, -0.1) is 0 Å². The van der Waals surface area contributed by atoms with E-state index in [0.717, 1.165) is 11.7 Å². The third kappa shape index (κ3) is 9.79. The molecule has 0 saturated heterocycles. The number of hydrogen-bond donors (Lipinski definition) is 2. The summed E-state index contributed by atoms with van der Waals surface area (Å²) in [6, 6.07) is 1.01. The van der Waals surface area contributed by atoms with Crippen LogP contribution in [0.5, 0.6) is 0 Å². The Morgan fingerprint density at radius 3 is 1.84 bits per heavy atom. The van der Waals surface area contributed by atoms with Gasteiger partial charge >= 0.3 is 6.18 Å². The molecule has 0 aliphatic heterocycles. The first kappa shape index (κ1) is 32.6. The molecule has 0 saturated carbocycles. The van der Waals surface area contributed by atoms with Gasteiger partial charge in [0.2, 0.25) is 11.9 Å². The van der Waals surface area contributed by atoms with E-state index in [0.29, 0.717) is 42.9 Å². The number of aromatic nitrogens is 3. The van der Waals surface area contributed by atoms with E-state index in [2.05, 4.69) is 39.4 Å². The van der Waals surface area contributed by atoms with Crippen LogP contribution in [0.2, 0.25) is 0 Å². The van der Waals surface area contributed by atoms with Gasteiger partial charge in [0, 0.05) is 37.8 Å². The van der Waals surface area contributed by atoms with Crippen molar-refractivity contribution in [1.82, 2.24) is 15.0 Å². The summed E-state index contributed by atoms with van der Waals surface area (Å²) in [4.78, 5) is 34.5. The third-order valence-electron chi connectivity index (χ3n) is 4.64. The molecule has 2 N–H and O–H groups in total. The molecule has 0 spiro atoms. The Bertz CT molecular complexity index is 1050. The van der Waals surface area contributed by atoms with Crippen molar-refractivity contribution >= 4 is 40.7 Å². The maximum atomic E-state index is 12.8. The highest BCUT2D eigenvalue weighted by Gasteiger charge is 2.39. The minimum Gasteiger partial charge on any atom is -0.360 e. The van der Waals surface area contributed by atoms with Crippen LogP contribution in [0.3, 0.4) is 0 Å². The summed E-state index contributed by atoms with van der Waals surface area (Å²) in [5, 5.41) is 29.3. The van der Waals surface area contributed by atoms with Crippen molar-refractivity contribution in [1.29, 1.82) is 0 Å². The lowest BCUT2D eigenvalue weighted by molar-refractivity contribution is -0.393. The molecule has 0 atom stereocenters. The van der Waals surface area contributed by atoms with Gasteiger partial charge in [0.25, 0.3) is 11.4 Å². The van der Waals surface area contributed by atoms with Gasteiger partial charge in [0.1, 0.15) is 0 Å². The molecule has 0 unspecified atom stereocenters. The number of nitro groups is 2. The molecule has 2 rings (SSSR count). The average Bonchev–Trinajstić information content (AvgIpc) is 2.82. The van der Waals surface area contributed by atoms with Crippen LogP contribution in [0.1, 0.15) is 53.0 Å². The van der Waals surface area contributed by atoms with E-state index in [1.165, 1.54) is 16.7 Å². The number of rotatable bonds is 12. The van der Waals surface area contributed by atoms with Gasteiger partial charge in [-0.25, -0.2) is 0 Å². The summed E-state index contributed by atoms with van der Waals surface area (Å²) in [6.45, 7) is 11.0. The molecule has 1 heterocycles. The SMILES string of the molecule is CCCN(CCC)c1c([N+](=O)[O-])cc(C(F)(F)F)cc1[N+](=O)[O-].CCNc1nc(NC(C)C)nc(SC)n1. The van der Waals surface area contributed by atoms with Gasteiger partial charge < -0.3 is 15.5 Å². The number of thioether (sulfide) groups is 1. The van der Waals surface area contributed by atoms with Gasteiger partial charge in [0.15, 0.2) is 10.8 Å². The second-order valence-corrected chi connectivity index (χ2v) is 8.93. The number of benzene rings is 1. The predicted octanol–water partition coefficient (Wildman–Crippen LogP) is 5.99. The number of hydrogen-bond acceptors (Lipinski definition) is 11. The molecule has 0 radical (unpaired) electrons. The fraction of sp³-hybridized carbons (Fsp3) is 0.591. The zero-order valence-electron chi connectivity index (χ0n) is 22.1. The Morgan fingerprint density at radius 1 is 0.974 bits per heavy atom. The van der Waals surface area contributed by atoms with E-state index in [9.17, 15) is 33.4 Å². The Morgan fingerprint density at radius 2 is 1.47 bits per heavy atom. The van der Waals surface area contributed by atoms with Crippen molar-refractivity contribution in [3.05, 3.63) is 37.9 Å². The minimum absolute atomic E-state index is 0.265. The highest BCUT2D eigenvalue weighted by atomic mass is 32.2. The second kappa shape index (κ2) is 15.1. The van der Waals surface area contributed by atoms with Crippen molar-refractivity contribution in [2.45, 2.75) is 64.8 Å². The lowest BCUT2D eigenvalue weighted by atomic mass is 10.1. The molecule has 0 aliphatic rings. The number of nitrogens with zero attached hydrogens (tertiary/aromatic N) is 6. The zero-order chi connectivity index (χ0) is 29.0. The maximum Gasteiger partial charge on any atom is 0.416 e. The minimum atomic E-state index is -4.91. The Kier molecular flexibility index (Phi) is 13.0. The Hall–Kier alpha value is -3.43. The summed E-state index contributed by atoms with van der Waals surface area (Å²) >= 11 is 1.51. The van der Waals surface area contributed by atoms with Crippen LogP contribution in [0.15, 0.2) is 17.3 Å². The van der Waals surface area contributed by atoms with Crippen LogP contribution in [0.25, 0.3) is 0 Å². The van der Waals surface area contributed by atoms with Crippen molar-refractivity contribution < 1.29 is 23.0 Å². The number of nitrogens with one attached hydrogen (secondary N) is 2. The largest absolute Gasteiger partial charge is 0.416 e. The van der Waals surface area contributed by atoms with E-state index < -0.39 is 33.0 Å². The first-order valence-electron chi connectivity index (χ1n) is 11.9. The highest BCUT2D eigenvalue weighted by molar-refractivity contribution is 7.98. The fourth-order valence-corrected chi connectivity index (χ4v) is 3.61. The van der Waals surface area contributed by atoms with E-state index >= 15 is 0 Å². The van der Waals surface area contributed by atoms with Crippen LogP contribution in [0.4, 0.5) is 42.1 Å². The van der Waals surface area contributed by atoms with Gasteiger partial charge in [-0.1, -0.05) is 25.6 Å². The first-order chi connectivity index (χ1) is 17.8. The Balaban J connectivity index is 0.000000415. The molecule has 16 heteroatoms. The van der Waals surface area contributed by atoms with E-state index in [1.807, 2.05) is 13.2 Å². The summed E-state index contributed by atoms with van der Waals surface area (Å²) in [5.74, 6) is 1.25. The van der Waals surface area contributed by atoms with Gasteiger partial charge in [0.05, 0.1) is 15.4 Å². The number of nitro benzene ring substituents is 2. The third-order valence-corrected chi connectivity index (χ3v) is 5.19. The monoisotopic (exact) mass is 562 g/mol. The predicted molar refractivity (Wildman–Crippen MR) is 142 cm³/mol. The molecule has 1 aromatic heterocycles. The topological polar surface area (TPSA) is 152 Å². The van der Waals surface area contributed by atoms with Crippen LogP contribution < -0.4 is 15.5 Å². The first-order valence-corrected chi connectivity index (χ1v) is 13.1. The molecule has 1 aromatic carbocycles. The molecule has 0 bridgehead atoms. The maximum absolute atomic E-state index is 12.8. The summed E-state index contributed by atoms with van der Waals surface area (Å²) in [5.41, 5.74) is -3.61. The fourth-order valence-electron chi connectivity index (χ4n) is 3.25. The van der Waals surface area contributed by atoms with Crippen LogP contribution >= 0.6 is 11.8 Å². The van der Waals surface area contributed by atoms with Crippen LogP contribution in [0, 0.1) is 20.2 Å². The van der Waals surface area contributed by atoms with Gasteiger partial charge in [-0.05, 0) is 39.9 Å². The lowest BCUT2D eigenvalue weighted by Crippen LogP contribution is -2.27. The molecular weight excluding hydrogens is 529 g/mol.